The molecule has 7 nitrogen and oxygen atoms in total. The van der Waals surface area contributed by atoms with Crippen molar-refractivity contribution in [2.45, 2.75) is 45.9 Å². The van der Waals surface area contributed by atoms with E-state index in [1.165, 1.54) is 15.8 Å². The largest absolute Gasteiger partial charge is 0.370 e. The second-order valence-corrected chi connectivity index (χ2v) is 9.24. The van der Waals surface area contributed by atoms with Crippen LogP contribution >= 0.6 is 11.3 Å². The van der Waals surface area contributed by atoms with Crippen LogP contribution in [0.2, 0.25) is 0 Å². The van der Waals surface area contributed by atoms with Crippen molar-refractivity contribution in [3.8, 4) is 0 Å². The van der Waals surface area contributed by atoms with E-state index < -0.39 is 0 Å². The fourth-order valence-corrected chi connectivity index (χ4v) is 5.18. The SMILES string of the molecule is CCN1CCN(Cc2nc3c4c5c(sc4ncn3n2)COC(C)(C)C5)CC1. The van der Waals surface area contributed by atoms with E-state index in [1.807, 2.05) is 4.52 Å². The maximum Gasteiger partial charge on any atom is 0.168 e. The first-order valence-corrected chi connectivity index (χ1v) is 10.6. The zero-order valence-electron chi connectivity index (χ0n) is 16.2. The van der Waals surface area contributed by atoms with Crippen molar-refractivity contribution in [1.29, 1.82) is 0 Å². The summed E-state index contributed by atoms with van der Waals surface area (Å²) in [7, 11) is 0. The van der Waals surface area contributed by atoms with Crippen LogP contribution in [0.15, 0.2) is 6.33 Å². The highest BCUT2D eigenvalue weighted by molar-refractivity contribution is 7.19. The summed E-state index contributed by atoms with van der Waals surface area (Å²) in [6, 6.07) is 0. The van der Waals surface area contributed by atoms with Crippen LogP contribution < -0.4 is 0 Å². The van der Waals surface area contributed by atoms with Gasteiger partial charge in [0.05, 0.1) is 24.1 Å². The van der Waals surface area contributed by atoms with Crippen molar-refractivity contribution in [1.82, 2.24) is 29.4 Å². The highest BCUT2D eigenvalue weighted by atomic mass is 32.1. The lowest BCUT2D eigenvalue weighted by atomic mass is 9.94. The number of ether oxygens (including phenoxy) is 1. The monoisotopic (exact) mass is 386 g/mol. The van der Waals surface area contributed by atoms with E-state index in [0.717, 1.165) is 62.0 Å². The van der Waals surface area contributed by atoms with Gasteiger partial charge in [-0.3, -0.25) is 4.90 Å². The highest BCUT2D eigenvalue weighted by Gasteiger charge is 2.31. The molecule has 2 aliphatic heterocycles. The zero-order valence-corrected chi connectivity index (χ0v) is 17.1. The molecule has 0 amide bonds. The van der Waals surface area contributed by atoms with Crippen LogP contribution in [0.3, 0.4) is 0 Å². The average molecular weight is 387 g/mol. The molecular weight excluding hydrogens is 360 g/mol. The van der Waals surface area contributed by atoms with E-state index in [4.69, 9.17) is 14.8 Å². The Morgan fingerprint density at radius 3 is 2.74 bits per heavy atom. The van der Waals surface area contributed by atoms with E-state index >= 15 is 0 Å². The standard InChI is InChI=1S/C19H26N6OS/c1-4-23-5-7-24(8-6-23)10-15-21-17-16-13-9-19(2,3)26-11-14(13)27-18(16)20-12-25(17)22-15/h12H,4-11H2,1-3H3. The lowest BCUT2D eigenvalue weighted by Gasteiger charge is -2.33. The predicted octanol–water partition coefficient (Wildman–Crippen LogP) is 2.33. The Hall–Kier alpha value is -1.61. The summed E-state index contributed by atoms with van der Waals surface area (Å²) >= 11 is 1.73. The van der Waals surface area contributed by atoms with Gasteiger partial charge in [0.25, 0.3) is 0 Å². The van der Waals surface area contributed by atoms with Gasteiger partial charge in [0.2, 0.25) is 0 Å². The summed E-state index contributed by atoms with van der Waals surface area (Å²) in [5, 5.41) is 5.89. The molecule has 0 aromatic carbocycles. The van der Waals surface area contributed by atoms with Gasteiger partial charge in [-0.1, -0.05) is 6.92 Å². The van der Waals surface area contributed by atoms with Crippen molar-refractivity contribution in [2.75, 3.05) is 32.7 Å². The Kier molecular flexibility index (Phi) is 4.19. The lowest BCUT2D eigenvalue weighted by Crippen LogP contribution is -2.45. The maximum absolute atomic E-state index is 5.99. The van der Waals surface area contributed by atoms with Crippen LogP contribution in [-0.2, 0) is 24.3 Å². The second kappa shape index (κ2) is 6.48. The number of thiophene rings is 1. The number of likely N-dealkylation sites (N-methyl/N-ethyl adjacent to an activating group) is 1. The molecule has 3 aromatic rings. The third-order valence-corrected chi connectivity index (χ3v) is 6.84. The van der Waals surface area contributed by atoms with Gasteiger partial charge in [0, 0.05) is 37.5 Å². The van der Waals surface area contributed by atoms with Gasteiger partial charge in [0.15, 0.2) is 11.5 Å². The number of aromatic nitrogens is 4. The summed E-state index contributed by atoms with van der Waals surface area (Å²) in [6.07, 6.45) is 2.70. The third kappa shape index (κ3) is 3.14. The Bertz CT molecular complexity index is 985. The van der Waals surface area contributed by atoms with E-state index in [-0.39, 0.29) is 5.60 Å². The van der Waals surface area contributed by atoms with Gasteiger partial charge in [-0.05, 0) is 26.0 Å². The number of fused-ring (bicyclic) bond motifs is 5. The first-order valence-electron chi connectivity index (χ1n) is 9.75. The van der Waals surface area contributed by atoms with Crippen molar-refractivity contribution >= 4 is 27.2 Å². The van der Waals surface area contributed by atoms with Gasteiger partial charge in [-0.25, -0.2) is 14.5 Å². The first-order chi connectivity index (χ1) is 13.0. The van der Waals surface area contributed by atoms with E-state index in [0.29, 0.717) is 6.61 Å². The van der Waals surface area contributed by atoms with Crippen LogP contribution in [0.1, 0.15) is 37.0 Å². The summed E-state index contributed by atoms with van der Waals surface area (Å²) in [4.78, 5) is 16.8. The predicted molar refractivity (Wildman–Crippen MR) is 106 cm³/mol. The number of hydrogen-bond acceptors (Lipinski definition) is 7. The van der Waals surface area contributed by atoms with Gasteiger partial charge in [0.1, 0.15) is 11.2 Å². The number of rotatable bonds is 3. The molecule has 3 aromatic heterocycles. The molecule has 27 heavy (non-hydrogen) atoms. The lowest BCUT2D eigenvalue weighted by molar-refractivity contribution is -0.0379. The Balaban J connectivity index is 1.49. The maximum atomic E-state index is 5.99. The normalized spacial score (nSPS) is 21.1. The van der Waals surface area contributed by atoms with Crippen LogP contribution in [0.4, 0.5) is 0 Å². The smallest absolute Gasteiger partial charge is 0.168 e. The van der Waals surface area contributed by atoms with Gasteiger partial charge in [-0.15, -0.1) is 16.4 Å². The molecule has 5 heterocycles. The molecule has 2 aliphatic rings. The van der Waals surface area contributed by atoms with Gasteiger partial charge in [-0.2, -0.15) is 0 Å². The minimum absolute atomic E-state index is 0.143. The van der Waals surface area contributed by atoms with Crippen molar-refractivity contribution in [2.24, 2.45) is 0 Å². The second-order valence-electron chi connectivity index (χ2n) is 8.16. The minimum atomic E-state index is -0.143. The molecule has 0 N–H and O–H groups in total. The van der Waals surface area contributed by atoms with Crippen molar-refractivity contribution in [3.05, 3.63) is 22.6 Å². The van der Waals surface area contributed by atoms with E-state index in [1.54, 1.807) is 17.7 Å². The fourth-order valence-electron chi connectivity index (χ4n) is 4.12. The van der Waals surface area contributed by atoms with Gasteiger partial charge < -0.3 is 9.64 Å². The topological polar surface area (TPSA) is 58.8 Å². The van der Waals surface area contributed by atoms with Crippen molar-refractivity contribution < 1.29 is 4.74 Å². The Labute approximate surface area is 162 Å². The summed E-state index contributed by atoms with van der Waals surface area (Å²) in [6.45, 7) is 13.5. The van der Waals surface area contributed by atoms with Crippen LogP contribution in [0, 0.1) is 0 Å². The summed E-state index contributed by atoms with van der Waals surface area (Å²) < 4.78 is 7.84. The molecule has 0 unspecified atom stereocenters. The highest BCUT2D eigenvalue weighted by Crippen LogP contribution is 2.39. The Morgan fingerprint density at radius 2 is 1.96 bits per heavy atom. The molecule has 0 atom stereocenters. The molecule has 1 fully saturated rings. The summed E-state index contributed by atoms with van der Waals surface area (Å²) in [5.41, 5.74) is 2.15. The number of nitrogens with zero attached hydrogens (tertiary/aromatic N) is 6. The molecule has 144 valence electrons. The molecule has 0 saturated carbocycles. The van der Waals surface area contributed by atoms with Gasteiger partial charge >= 0.3 is 0 Å². The summed E-state index contributed by atoms with van der Waals surface area (Å²) in [5.74, 6) is 0.889. The zero-order chi connectivity index (χ0) is 18.6. The third-order valence-electron chi connectivity index (χ3n) is 5.73. The van der Waals surface area contributed by atoms with E-state index in [9.17, 15) is 0 Å². The molecule has 0 radical (unpaired) electrons. The molecular formula is C19H26N6OS. The van der Waals surface area contributed by atoms with Crippen LogP contribution in [0.25, 0.3) is 15.9 Å². The average Bonchev–Trinajstić information content (AvgIpc) is 3.21. The quantitative estimate of drug-likeness (QED) is 0.689. The molecule has 5 rings (SSSR count). The van der Waals surface area contributed by atoms with Crippen LogP contribution in [-0.4, -0.2) is 67.7 Å². The molecule has 0 aliphatic carbocycles. The van der Waals surface area contributed by atoms with E-state index in [2.05, 4.69) is 35.6 Å². The molecule has 0 spiro atoms. The van der Waals surface area contributed by atoms with Crippen LogP contribution in [0.5, 0.6) is 0 Å². The first kappa shape index (κ1) is 17.5. The number of piperazine rings is 1. The fraction of sp³-hybridized carbons (Fsp3) is 0.632. The molecule has 8 heteroatoms. The minimum Gasteiger partial charge on any atom is -0.370 e. The molecule has 0 bridgehead atoms. The van der Waals surface area contributed by atoms with Crippen molar-refractivity contribution in [3.63, 3.8) is 0 Å². The number of hydrogen-bond donors (Lipinski definition) is 0. The Morgan fingerprint density at radius 1 is 1.19 bits per heavy atom. The molecule has 1 saturated heterocycles.